The number of hydrogen-bond acceptors (Lipinski definition) is 4. The van der Waals surface area contributed by atoms with Crippen molar-refractivity contribution in [2.45, 2.75) is 32.3 Å². The van der Waals surface area contributed by atoms with Crippen LogP contribution in [0.2, 0.25) is 0 Å². The quantitative estimate of drug-likeness (QED) is 0.306. The van der Waals surface area contributed by atoms with Crippen molar-refractivity contribution in [2.24, 2.45) is 0 Å². The van der Waals surface area contributed by atoms with Crippen LogP contribution in [-0.2, 0) is 19.0 Å². The van der Waals surface area contributed by atoms with E-state index in [2.05, 4.69) is 6.92 Å². The van der Waals surface area contributed by atoms with Gasteiger partial charge in [0, 0.05) is 7.11 Å². The van der Waals surface area contributed by atoms with Crippen molar-refractivity contribution in [3.63, 3.8) is 0 Å². The van der Waals surface area contributed by atoms with Crippen molar-refractivity contribution in [3.05, 3.63) is 0 Å². The number of unbranched alkanes of at least 4 members (excludes halogenated alkanes) is 1. The highest BCUT2D eigenvalue weighted by Gasteiger charge is 2.05. The number of ether oxygens (including phenoxy) is 3. The van der Waals surface area contributed by atoms with Crippen LogP contribution in [0, 0.1) is 0 Å². The Bertz CT molecular complexity index is 127. The molecule has 0 aromatic heterocycles. The molecule has 0 fully saturated rings. The molecule has 0 rings (SSSR count). The third-order valence-electron chi connectivity index (χ3n) is 1.79. The molecule has 0 heterocycles. The molecule has 4 nitrogen and oxygen atoms in total. The van der Waals surface area contributed by atoms with Gasteiger partial charge in [0.2, 0.25) is 0 Å². The zero-order chi connectivity index (χ0) is 10.6. The second-order valence-corrected chi connectivity index (χ2v) is 3.00. The molecule has 0 amide bonds. The Morgan fingerprint density at radius 3 is 2.71 bits per heavy atom. The van der Waals surface area contributed by atoms with Gasteiger partial charge in [0.05, 0.1) is 13.2 Å². The van der Waals surface area contributed by atoms with Gasteiger partial charge in [0.15, 0.2) is 0 Å². The van der Waals surface area contributed by atoms with E-state index in [0.717, 1.165) is 25.5 Å². The molecule has 0 bridgehead atoms. The number of carbonyl (C=O) groups is 1. The molecule has 0 N–H and O–H groups in total. The van der Waals surface area contributed by atoms with Crippen LogP contribution in [0.4, 0.5) is 0 Å². The van der Waals surface area contributed by atoms with Crippen LogP contribution in [0.15, 0.2) is 0 Å². The average Bonchev–Trinajstić information content (AvgIpc) is 2.22. The summed E-state index contributed by atoms with van der Waals surface area (Å²) in [5, 5.41) is 0. The summed E-state index contributed by atoms with van der Waals surface area (Å²) in [6.45, 7) is 3.29. The summed E-state index contributed by atoms with van der Waals surface area (Å²) >= 11 is 0. The Hall–Kier alpha value is -0.450. The van der Waals surface area contributed by atoms with Gasteiger partial charge in [0.25, 0.3) is 0 Å². The molecule has 4 heteroatoms. The molecule has 84 valence electrons. The summed E-state index contributed by atoms with van der Waals surface area (Å²) in [6.07, 6.45) is 3.35. The van der Waals surface area contributed by atoms with E-state index in [0.29, 0.717) is 13.2 Å². The lowest BCUT2D eigenvalue weighted by Crippen LogP contribution is -2.17. The van der Waals surface area contributed by atoms with Crippen LogP contribution >= 0.6 is 0 Å². The van der Waals surface area contributed by atoms with Crippen molar-refractivity contribution in [2.75, 3.05) is 27.1 Å². The van der Waals surface area contributed by atoms with Gasteiger partial charge < -0.3 is 19.0 Å². The Morgan fingerprint density at radius 2 is 2.14 bits per heavy atom. The fraction of sp³-hybridized carbons (Fsp3) is 0.900. The van der Waals surface area contributed by atoms with Crippen molar-refractivity contribution in [3.8, 4) is 0 Å². The van der Waals surface area contributed by atoms with E-state index in [-0.39, 0.29) is 12.9 Å². The van der Waals surface area contributed by atoms with Crippen molar-refractivity contribution >= 4 is 6.29 Å². The van der Waals surface area contributed by atoms with E-state index in [4.69, 9.17) is 14.2 Å². The highest BCUT2D eigenvalue weighted by molar-refractivity contribution is 5.55. The van der Waals surface area contributed by atoms with Gasteiger partial charge in [-0.05, 0) is 6.42 Å². The summed E-state index contributed by atoms with van der Waals surface area (Å²) in [5.74, 6) is 0. The summed E-state index contributed by atoms with van der Waals surface area (Å²) in [4.78, 5) is 10.5. The SMILES string of the molecule is CCCCC(C=O)OCOCCOC. The number of hydrogen-bond donors (Lipinski definition) is 0. The van der Waals surface area contributed by atoms with Crippen LogP contribution in [0.1, 0.15) is 26.2 Å². The van der Waals surface area contributed by atoms with Crippen molar-refractivity contribution in [1.82, 2.24) is 0 Å². The topological polar surface area (TPSA) is 44.8 Å². The highest BCUT2D eigenvalue weighted by Crippen LogP contribution is 2.02. The first-order chi connectivity index (χ1) is 6.85. The first kappa shape index (κ1) is 13.5. The molecule has 0 spiro atoms. The first-order valence-corrected chi connectivity index (χ1v) is 4.98. The van der Waals surface area contributed by atoms with Gasteiger partial charge >= 0.3 is 0 Å². The normalized spacial score (nSPS) is 12.7. The zero-order valence-corrected chi connectivity index (χ0v) is 9.03. The molecule has 0 saturated heterocycles. The lowest BCUT2D eigenvalue weighted by molar-refractivity contribution is -0.133. The largest absolute Gasteiger partial charge is 0.382 e. The molecule has 0 saturated carbocycles. The summed E-state index contributed by atoms with van der Waals surface area (Å²) < 4.78 is 15.1. The summed E-state index contributed by atoms with van der Waals surface area (Å²) in [6, 6.07) is 0. The Balaban J connectivity index is 3.28. The van der Waals surface area contributed by atoms with Crippen LogP contribution in [0.5, 0.6) is 0 Å². The van der Waals surface area contributed by atoms with Gasteiger partial charge in [-0.3, -0.25) is 0 Å². The second-order valence-electron chi connectivity index (χ2n) is 3.00. The van der Waals surface area contributed by atoms with Crippen LogP contribution in [0.3, 0.4) is 0 Å². The maximum atomic E-state index is 10.5. The molecule has 0 aliphatic rings. The molecule has 0 aliphatic carbocycles. The number of carbonyl (C=O) groups excluding carboxylic acids is 1. The maximum absolute atomic E-state index is 10.5. The van der Waals surface area contributed by atoms with Crippen molar-refractivity contribution < 1.29 is 19.0 Å². The number of rotatable bonds is 10. The minimum absolute atomic E-state index is 0.163. The van der Waals surface area contributed by atoms with Crippen LogP contribution in [0.25, 0.3) is 0 Å². The Kier molecular flexibility index (Phi) is 10.3. The average molecular weight is 204 g/mol. The van der Waals surface area contributed by atoms with Gasteiger partial charge in [-0.25, -0.2) is 0 Å². The predicted molar refractivity (Wildman–Crippen MR) is 53.2 cm³/mol. The lowest BCUT2D eigenvalue weighted by Gasteiger charge is -2.11. The molecular weight excluding hydrogens is 184 g/mol. The van der Waals surface area contributed by atoms with E-state index in [1.807, 2.05) is 0 Å². The van der Waals surface area contributed by atoms with Crippen LogP contribution in [-0.4, -0.2) is 39.5 Å². The third-order valence-corrected chi connectivity index (χ3v) is 1.79. The van der Waals surface area contributed by atoms with Gasteiger partial charge in [-0.15, -0.1) is 0 Å². The molecule has 0 aliphatic heterocycles. The van der Waals surface area contributed by atoms with E-state index in [9.17, 15) is 4.79 Å². The number of aldehydes is 1. The lowest BCUT2D eigenvalue weighted by atomic mass is 10.2. The minimum Gasteiger partial charge on any atom is -0.382 e. The summed E-state index contributed by atoms with van der Waals surface area (Å²) in [5.41, 5.74) is 0. The minimum atomic E-state index is -0.322. The molecular formula is C10H20O4. The summed E-state index contributed by atoms with van der Waals surface area (Å²) in [7, 11) is 1.61. The molecule has 1 unspecified atom stereocenters. The van der Waals surface area contributed by atoms with E-state index in [1.54, 1.807) is 7.11 Å². The number of methoxy groups -OCH3 is 1. The van der Waals surface area contributed by atoms with Gasteiger partial charge in [-0.2, -0.15) is 0 Å². The molecule has 0 aromatic carbocycles. The molecule has 0 radical (unpaired) electrons. The highest BCUT2D eigenvalue weighted by atomic mass is 16.7. The van der Waals surface area contributed by atoms with E-state index >= 15 is 0 Å². The molecule has 14 heavy (non-hydrogen) atoms. The van der Waals surface area contributed by atoms with Gasteiger partial charge in [0.1, 0.15) is 19.2 Å². The van der Waals surface area contributed by atoms with E-state index < -0.39 is 0 Å². The Labute approximate surface area is 85.5 Å². The monoisotopic (exact) mass is 204 g/mol. The maximum Gasteiger partial charge on any atom is 0.148 e. The van der Waals surface area contributed by atoms with Crippen LogP contribution < -0.4 is 0 Å². The van der Waals surface area contributed by atoms with E-state index in [1.165, 1.54) is 0 Å². The second kappa shape index (κ2) is 10.6. The zero-order valence-electron chi connectivity index (χ0n) is 9.03. The van der Waals surface area contributed by atoms with Gasteiger partial charge in [-0.1, -0.05) is 19.8 Å². The first-order valence-electron chi connectivity index (χ1n) is 4.98. The molecule has 0 aromatic rings. The fourth-order valence-corrected chi connectivity index (χ4v) is 0.933. The third kappa shape index (κ3) is 8.16. The smallest absolute Gasteiger partial charge is 0.148 e. The fourth-order valence-electron chi connectivity index (χ4n) is 0.933. The standard InChI is InChI=1S/C10H20O4/c1-3-4-5-10(8-11)14-9-13-7-6-12-2/h8,10H,3-7,9H2,1-2H3. The Morgan fingerprint density at radius 1 is 1.36 bits per heavy atom. The predicted octanol–water partition coefficient (Wildman–Crippen LogP) is 1.38. The van der Waals surface area contributed by atoms with Crippen molar-refractivity contribution in [1.29, 1.82) is 0 Å². The molecule has 1 atom stereocenters.